The van der Waals surface area contributed by atoms with E-state index in [1.54, 1.807) is 32.4 Å². The van der Waals surface area contributed by atoms with Crippen LogP contribution in [0.4, 0.5) is 0 Å². The third-order valence-corrected chi connectivity index (χ3v) is 1.91. The largest absolute Gasteiger partial charge is 0.493 e. The number of nitriles is 1. The maximum Gasteiger partial charge on any atom is 0.161 e. The molecule has 14 heavy (non-hydrogen) atoms. The maximum absolute atomic E-state index is 8.63. The molecule has 2 N–H and O–H groups in total. The Balaban J connectivity index is 3.08. The molecule has 0 spiro atoms. The minimum absolute atomic E-state index is 0.579. The van der Waals surface area contributed by atoms with Gasteiger partial charge in [-0.3, -0.25) is 0 Å². The summed E-state index contributed by atoms with van der Waals surface area (Å²) in [7, 11) is 3.10. The number of hydrogen-bond acceptors (Lipinski definition) is 4. The molecule has 1 rings (SSSR count). The number of ether oxygens (including phenoxy) is 2. The van der Waals surface area contributed by atoms with E-state index in [0.29, 0.717) is 17.1 Å². The summed E-state index contributed by atoms with van der Waals surface area (Å²) >= 11 is 0. The highest BCUT2D eigenvalue weighted by Crippen LogP contribution is 2.29. The van der Waals surface area contributed by atoms with Crippen molar-refractivity contribution in [2.24, 2.45) is 5.73 Å². The normalized spacial score (nSPS) is 11.6. The monoisotopic (exact) mass is 192 g/mol. The highest BCUT2D eigenvalue weighted by molar-refractivity contribution is 5.44. The molecule has 0 aliphatic carbocycles. The molecular weight excluding hydrogens is 180 g/mol. The Morgan fingerprint density at radius 3 is 2.43 bits per heavy atom. The summed E-state index contributed by atoms with van der Waals surface area (Å²) in [5, 5.41) is 8.63. The van der Waals surface area contributed by atoms with Crippen LogP contribution in [0, 0.1) is 11.3 Å². The van der Waals surface area contributed by atoms with Crippen molar-refractivity contribution in [3.8, 4) is 17.6 Å². The molecule has 0 aliphatic rings. The van der Waals surface area contributed by atoms with Crippen molar-refractivity contribution >= 4 is 0 Å². The minimum Gasteiger partial charge on any atom is -0.493 e. The van der Waals surface area contributed by atoms with E-state index >= 15 is 0 Å². The predicted octanol–water partition coefficient (Wildman–Crippen LogP) is 1.23. The van der Waals surface area contributed by atoms with Crippen LogP contribution in [0.3, 0.4) is 0 Å². The molecule has 1 atom stereocenters. The van der Waals surface area contributed by atoms with Crippen molar-refractivity contribution < 1.29 is 9.47 Å². The van der Waals surface area contributed by atoms with E-state index < -0.39 is 6.04 Å². The first-order valence-electron chi connectivity index (χ1n) is 4.10. The molecule has 0 aliphatic heterocycles. The average Bonchev–Trinajstić information content (AvgIpc) is 2.26. The van der Waals surface area contributed by atoms with E-state index in [9.17, 15) is 0 Å². The van der Waals surface area contributed by atoms with Crippen molar-refractivity contribution in [3.63, 3.8) is 0 Å². The predicted molar refractivity (Wildman–Crippen MR) is 52.1 cm³/mol. The lowest BCUT2D eigenvalue weighted by Crippen LogP contribution is -2.07. The summed E-state index contributed by atoms with van der Waals surface area (Å²) in [6, 6.07) is 6.50. The Kier molecular flexibility index (Phi) is 3.32. The summed E-state index contributed by atoms with van der Waals surface area (Å²) in [6.45, 7) is 0. The van der Waals surface area contributed by atoms with Crippen LogP contribution in [-0.4, -0.2) is 14.2 Å². The fourth-order valence-electron chi connectivity index (χ4n) is 1.12. The number of hydrogen-bond donors (Lipinski definition) is 1. The fraction of sp³-hybridized carbons (Fsp3) is 0.300. The lowest BCUT2D eigenvalue weighted by atomic mass is 10.1. The van der Waals surface area contributed by atoms with Crippen molar-refractivity contribution in [3.05, 3.63) is 23.8 Å². The molecule has 0 unspecified atom stereocenters. The number of rotatable bonds is 3. The highest BCUT2D eigenvalue weighted by atomic mass is 16.5. The van der Waals surface area contributed by atoms with Crippen LogP contribution < -0.4 is 15.2 Å². The van der Waals surface area contributed by atoms with Crippen LogP contribution >= 0.6 is 0 Å². The fourth-order valence-corrected chi connectivity index (χ4v) is 1.12. The second-order valence-electron chi connectivity index (χ2n) is 2.72. The summed E-state index contributed by atoms with van der Waals surface area (Å²) in [5.41, 5.74) is 6.27. The Morgan fingerprint density at radius 2 is 1.93 bits per heavy atom. The van der Waals surface area contributed by atoms with Gasteiger partial charge in [0.15, 0.2) is 11.5 Å². The molecule has 0 fully saturated rings. The molecule has 0 aromatic heterocycles. The van der Waals surface area contributed by atoms with Crippen LogP contribution in [0.15, 0.2) is 18.2 Å². The SMILES string of the molecule is COc1ccc([C@H](N)C#N)cc1OC. The third kappa shape index (κ3) is 1.95. The quantitative estimate of drug-likeness (QED) is 0.782. The molecule has 1 aromatic carbocycles. The standard InChI is InChI=1S/C10H12N2O2/c1-13-9-4-3-7(8(12)6-11)5-10(9)14-2/h3-5,8H,12H2,1-2H3/t8-/m1/s1. The Labute approximate surface area is 82.9 Å². The van der Waals surface area contributed by atoms with Crippen molar-refractivity contribution in [1.82, 2.24) is 0 Å². The van der Waals surface area contributed by atoms with Crippen LogP contribution in [0.5, 0.6) is 11.5 Å². The van der Waals surface area contributed by atoms with E-state index in [-0.39, 0.29) is 0 Å². The van der Waals surface area contributed by atoms with Crippen molar-refractivity contribution in [2.75, 3.05) is 14.2 Å². The summed E-state index contributed by atoms with van der Waals surface area (Å²) in [4.78, 5) is 0. The summed E-state index contributed by atoms with van der Waals surface area (Å²) in [6.07, 6.45) is 0. The average molecular weight is 192 g/mol. The lowest BCUT2D eigenvalue weighted by Gasteiger charge is -2.10. The maximum atomic E-state index is 8.63. The topological polar surface area (TPSA) is 68.3 Å². The van der Waals surface area contributed by atoms with Gasteiger partial charge in [0.05, 0.1) is 20.3 Å². The van der Waals surface area contributed by atoms with E-state index in [1.165, 1.54) is 0 Å². The Bertz CT molecular complexity index is 358. The molecule has 0 bridgehead atoms. The summed E-state index contributed by atoms with van der Waals surface area (Å²) in [5.74, 6) is 1.21. The number of nitrogens with two attached hydrogens (primary N) is 1. The van der Waals surface area contributed by atoms with E-state index in [4.69, 9.17) is 20.5 Å². The van der Waals surface area contributed by atoms with E-state index in [1.807, 2.05) is 6.07 Å². The van der Waals surface area contributed by atoms with Gasteiger partial charge in [0.1, 0.15) is 6.04 Å². The van der Waals surface area contributed by atoms with Gasteiger partial charge in [0.2, 0.25) is 0 Å². The zero-order chi connectivity index (χ0) is 10.6. The first-order chi connectivity index (χ1) is 6.72. The van der Waals surface area contributed by atoms with Crippen molar-refractivity contribution in [1.29, 1.82) is 5.26 Å². The highest BCUT2D eigenvalue weighted by Gasteiger charge is 2.09. The molecule has 74 valence electrons. The molecule has 0 amide bonds. The molecule has 0 saturated heterocycles. The second-order valence-corrected chi connectivity index (χ2v) is 2.72. The van der Waals surface area contributed by atoms with Gasteiger partial charge in [-0.1, -0.05) is 6.07 Å². The molecule has 1 aromatic rings. The zero-order valence-corrected chi connectivity index (χ0v) is 8.15. The van der Waals surface area contributed by atoms with Crippen molar-refractivity contribution in [2.45, 2.75) is 6.04 Å². The molecule has 0 radical (unpaired) electrons. The number of nitrogens with zero attached hydrogens (tertiary/aromatic N) is 1. The van der Waals surface area contributed by atoms with Gasteiger partial charge in [0.25, 0.3) is 0 Å². The molecule has 0 heterocycles. The van der Waals surface area contributed by atoms with Gasteiger partial charge in [-0.15, -0.1) is 0 Å². The number of benzene rings is 1. The van der Waals surface area contributed by atoms with Gasteiger partial charge in [-0.05, 0) is 17.7 Å². The van der Waals surface area contributed by atoms with Crippen LogP contribution in [-0.2, 0) is 0 Å². The lowest BCUT2D eigenvalue weighted by molar-refractivity contribution is 0.354. The zero-order valence-electron chi connectivity index (χ0n) is 8.15. The first-order valence-corrected chi connectivity index (χ1v) is 4.10. The van der Waals surface area contributed by atoms with Crippen LogP contribution in [0.1, 0.15) is 11.6 Å². The van der Waals surface area contributed by atoms with Gasteiger partial charge >= 0.3 is 0 Å². The third-order valence-electron chi connectivity index (χ3n) is 1.91. The van der Waals surface area contributed by atoms with Gasteiger partial charge in [-0.25, -0.2) is 0 Å². The van der Waals surface area contributed by atoms with Gasteiger partial charge < -0.3 is 15.2 Å². The van der Waals surface area contributed by atoms with E-state index in [0.717, 1.165) is 0 Å². The molecule has 4 heteroatoms. The second kappa shape index (κ2) is 4.49. The van der Waals surface area contributed by atoms with E-state index in [2.05, 4.69) is 0 Å². The Morgan fingerprint density at radius 1 is 1.29 bits per heavy atom. The van der Waals surface area contributed by atoms with Crippen LogP contribution in [0.25, 0.3) is 0 Å². The molecule has 4 nitrogen and oxygen atoms in total. The summed E-state index contributed by atoms with van der Waals surface area (Å²) < 4.78 is 10.1. The smallest absolute Gasteiger partial charge is 0.161 e. The molecular formula is C10H12N2O2. The van der Waals surface area contributed by atoms with Gasteiger partial charge in [0, 0.05) is 0 Å². The Hall–Kier alpha value is -1.73. The minimum atomic E-state index is -0.630. The van der Waals surface area contributed by atoms with Crippen LogP contribution in [0.2, 0.25) is 0 Å². The van der Waals surface area contributed by atoms with Gasteiger partial charge in [-0.2, -0.15) is 5.26 Å². The number of methoxy groups -OCH3 is 2. The first kappa shape index (κ1) is 10.4. The molecule has 0 saturated carbocycles.